The summed E-state index contributed by atoms with van der Waals surface area (Å²) in [4.78, 5) is 25.3. The van der Waals surface area contributed by atoms with Crippen molar-refractivity contribution in [3.8, 4) is 5.75 Å². The lowest BCUT2D eigenvalue weighted by molar-refractivity contribution is -0.122. The Labute approximate surface area is 187 Å². The number of anilines is 1. The molecule has 1 amide bonds. The Hall–Kier alpha value is -2.95. The molecule has 5 N–H and O–H groups in total. The Morgan fingerprint density at radius 1 is 1.22 bits per heavy atom. The number of nitrogens with two attached hydrogens (primary N) is 2. The minimum atomic E-state index is -3.82. The number of carbonyl (C=O) groups is 2. The van der Waals surface area contributed by atoms with Gasteiger partial charge in [-0.1, -0.05) is 12.1 Å². The van der Waals surface area contributed by atoms with Crippen LogP contribution in [-0.2, 0) is 32.5 Å². The van der Waals surface area contributed by atoms with Crippen LogP contribution in [0.25, 0.3) is 0 Å². The van der Waals surface area contributed by atoms with Crippen molar-refractivity contribution >= 4 is 27.6 Å². The zero-order valence-electron chi connectivity index (χ0n) is 18.4. The molecule has 0 radical (unpaired) electrons. The molecule has 1 aliphatic heterocycles. The summed E-state index contributed by atoms with van der Waals surface area (Å²) in [5, 5.41) is 7.94. The van der Waals surface area contributed by atoms with Crippen LogP contribution in [-0.4, -0.2) is 32.0 Å². The van der Waals surface area contributed by atoms with Gasteiger partial charge in [-0.25, -0.2) is 18.4 Å². The number of carbonyl (C=O) groups excluding carboxylic acids is 2. The average molecular weight is 462 g/mol. The molecule has 1 aliphatic rings. The zero-order valence-corrected chi connectivity index (χ0v) is 19.2. The molecule has 9 nitrogen and oxygen atoms in total. The van der Waals surface area contributed by atoms with Gasteiger partial charge in [-0.2, -0.15) is 0 Å². The van der Waals surface area contributed by atoms with Crippen molar-refractivity contribution in [1.82, 2.24) is 0 Å². The Morgan fingerprint density at radius 3 is 2.38 bits per heavy atom. The third-order valence-electron chi connectivity index (χ3n) is 4.85. The maximum atomic E-state index is 13.1. The standard InChI is InChI=1S/C22H27N3O6S/c1-12-20(26)25-19-16(11-23)18(21(27)31-22(2,3)4)14(10-17(19)30-12)9-13-5-7-15(8-6-13)32(24,28)29/h5-8,10,12H,9,11,23H2,1-4H3,(H,25,26)(H2,24,28,29). The van der Waals surface area contributed by atoms with Gasteiger partial charge in [0.2, 0.25) is 10.0 Å². The number of ether oxygens (including phenoxy) is 2. The first-order chi connectivity index (χ1) is 14.8. The topological polar surface area (TPSA) is 151 Å². The molecule has 172 valence electrons. The second-order valence-electron chi connectivity index (χ2n) is 8.58. The van der Waals surface area contributed by atoms with E-state index in [0.29, 0.717) is 22.6 Å². The lowest BCUT2D eigenvalue weighted by atomic mass is 9.92. The van der Waals surface area contributed by atoms with Crippen molar-refractivity contribution in [2.75, 3.05) is 5.32 Å². The van der Waals surface area contributed by atoms with Crippen LogP contribution < -0.4 is 20.9 Å². The van der Waals surface area contributed by atoms with Crippen molar-refractivity contribution in [3.05, 3.63) is 52.6 Å². The molecule has 0 aliphatic carbocycles. The van der Waals surface area contributed by atoms with E-state index in [9.17, 15) is 18.0 Å². The summed E-state index contributed by atoms with van der Waals surface area (Å²) in [5.74, 6) is -0.514. The van der Waals surface area contributed by atoms with E-state index in [-0.39, 0.29) is 29.3 Å². The molecule has 1 heterocycles. The molecule has 32 heavy (non-hydrogen) atoms. The van der Waals surface area contributed by atoms with Crippen molar-refractivity contribution in [1.29, 1.82) is 0 Å². The highest BCUT2D eigenvalue weighted by atomic mass is 32.2. The summed E-state index contributed by atoms with van der Waals surface area (Å²) in [5.41, 5.74) is 7.56. The number of benzene rings is 2. The molecule has 10 heteroatoms. The number of hydrogen-bond acceptors (Lipinski definition) is 7. The Bertz CT molecular complexity index is 1170. The fraction of sp³-hybridized carbons (Fsp3) is 0.364. The quantitative estimate of drug-likeness (QED) is 0.577. The maximum absolute atomic E-state index is 13.1. The van der Waals surface area contributed by atoms with Crippen molar-refractivity contribution < 1.29 is 27.5 Å². The van der Waals surface area contributed by atoms with Crippen LogP contribution in [0, 0.1) is 0 Å². The zero-order chi connectivity index (χ0) is 23.8. The van der Waals surface area contributed by atoms with E-state index >= 15 is 0 Å². The summed E-state index contributed by atoms with van der Waals surface area (Å²) in [6.07, 6.45) is -0.437. The van der Waals surface area contributed by atoms with Crippen LogP contribution in [0.2, 0.25) is 0 Å². The molecular formula is C22H27N3O6S. The molecule has 0 saturated heterocycles. The molecule has 2 aromatic rings. The highest BCUT2D eigenvalue weighted by molar-refractivity contribution is 7.89. The van der Waals surface area contributed by atoms with Gasteiger partial charge in [0.15, 0.2) is 6.10 Å². The van der Waals surface area contributed by atoms with E-state index in [2.05, 4.69) is 5.32 Å². The third-order valence-corrected chi connectivity index (χ3v) is 5.78. The van der Waals surface area contributed by atoms with E-state index in [4.69, 9.17) is 20.3 Å². The lowest BCUT2D eigenvalue weighted by Crippen LogP contribution is -2.36. The highest BCUT2D eigenvalue weighted by Crippen LogP contribution is 2.38. The van der Waals surface area contributed by atoms with Crippen LogP contribution in [0.1, 0.15) is 54.7 Å². The van der Waals surface area contributed by atoms with Crippen LogP contribution in [0.15, 0.2) is 35.2 Å². The summed E-state index contributed by atoms with van der Waals surface area (Å²) in [7, 11) is -3.82. The second kappa shape index (κ2) is 8.53. The number of nitrogens with one attached hydrogen (secondary N) is 1. The monoisotopic (exact) mass is 461 g/mol. The van der Waals surface area contributed by atoms with E-state index in [1.807, 2.05) is 0 Å². The van der Waals surface area contributed by atoms with E-state index in [1.54, 1.807) is 45.9 Å². The number of fused-ring (bicyclic) bond motifs is 1. The summed E-state index contributed by atoms with van der Waals surface area (Å²) < 4.78 is 34.4. The molecule has 1 unspecified atom stereocenters. The van der Waals surface area contributed by atoms with E-state index in [1.165, 1.54) is 12.1 Å². The average Bonchev–Trinajstić information content (AvgIpc) is 2.66. The Morgan fingerprint density at radius 2 is 1.84 bits per heavy atom. The smallest absolute Gasteiger partial charge is 0.339 e. The fourth-order valence-corrected chi connectivity index (χ4v) is 3.93. The predicted octanol–water partition coefficient (Wildman–Crippen LogP) is 2.06. The summed E-state index contributed by atoms with van der Waals surface area (Å²) in [6, 6.07) is 7.71. The van der Waals surface area contributed by atoms with Gasteiger partial charge in [-0.05, 0) is 63.4 Å². The number of sulfonamides is 1. The summed E-state index contributed by atoms with van der Waals surface area (Å²) >= 11 is 0. The molecule has 0 aromatic heterocycles. The van der Waals surface area contributed by atoms with Crippen LogP contribution in [0.3, 0.4) is 0 Å². The lowest BCUT2D eigenvalue weighted by Gasteiger charge is -2.29. The van der Waals surface area contributed by atoms with Gasteiger partial charge in [0, 0.05) is 12.1 Å². The number of esters is 1. The van der Waals surface area contributed by atoms with Crippen molar-refractivity contribution in [3.63, 3.8) is 0 Å². The van der Waals surface area contributed by atoms with Gasteiger partial charge in [-0.3, -0.25) is 4.79 Å². The summed E-state index contributed by atoms with van der Waals surface area (Å²) in [6.45, 7) is 6.85. The van der Waals surface area contributed by atoms with Crippen LogP contribution in [0.4, 0.5) is 5.69 Å². The molecule has 1 atom stereocenters. The number of rotatable bonds is 5. The highest BCUT2D eigenvalue weighted by Gasteiger charge is 2.32. The van der Waals surface area contributed by atoms with Gasteiger partial charge in [-0.15, -0.1) is 0 Å². The van der Waals surface area contributed by atoms with Gasteiger partial charge < -0.3 is 20.5 Å². The third kappa shape index (κ3) is 5.09. The minimum Gasteiger partial charge on any atom is -0.479 e. The van der Waals surface area contributed by atoms with Gasteiger partial charge in [0.05, 0.1) is 16.1 Å². The molecule has 3 rings (SSSR count). The van der Waals surface area contributed by atoms with Crippen LogP contribution >= 0.6 is 0 Å². The normalized spacial score (nSPS) is 16.1. The first-order valence-corrected chi connectivity index (χ1v) is 11.6. The molecule has 2 aromatic carbocycles. The molecule has 0 bridgehead atoms. The molecule has 0 saturated carbocycles. The SMILES string of the molecule is CC1Oc2cc(Cc3ccc(S(N)(=O)=O)cc3)c(C(=O)OC(C)(C)C)c(CN)c2NC1=O. The second-order valence-corrected chi connectivity index (χ2v) is 10.1. The Balaban J connectivity index is 2.13. The van der Waals surface area contributed by atoms with Crippen molar-refractivity contribution in [2.24, 2.45) is 10.9 Å². The van der Waals surface area contributed by atoms with Gasteiger partial charge in [0.1, 0.15) is 11.4 Å². The molecule has 0 fully saturated rings. The van der Waals surface area contributed by atoms with Crippen molar-refractivity contribution in [2.45, 2.75) is 57.3 Å². The maximum Gasteiger partial charge on any atom is 0.339 e. The molecule has 0 spiro atoms. The minimum absolute atomic E-state index is 0.0124. The first kappa shape index (κ1) is 23.7. The van der Waals surface area contributed by atoms with Crippen LogP contribution in [0.5, 0.6) is 5.75 Å². The largest absolute Gasteiger partial charge is 0.479 e. The Kier molecular flexibility index (Phi) is 6.32. The first-order valence-electron chi connectivity index (χ1n) is 10.0. The fourth-order valence-electron chi connectivity index (χ4n) is 3.41. The number of hydrogen-bond donors (Lipinski definition) is 3. The number of amides is 1. The van der Waals surface area contributed by atoms with Gasteiger partial charge in [0.25, 0.3) is 5.91 Å². The molecular weight excluding hydrogens is 434 g/mol. The number of primary sulfonamides is 1. The van der Waals surface area contributed by atoms with E-state index < -0.39 is 27.7 Å². The van der Waals surface area contributed by atoms with E-state index in [0.717, 1.165) is 5.56 Å². The van der Waals surface area contributed by atoms with Gasteiger partial charge >= 0.3 is 5.97 Å². The predicted molar refractivity (Wildman–Crippen MR) is 119 cm³/mol.